The first-order valence-corrected chi connectivity index (χ1v) is 10.4. The second-order valence-electron chi connectivity index (χ2n) is 7.33. The average Bonchev–Trinajstić information content (AvgIpc) is 3.32. The third-order valence-corrected chi connectivity index (χ3v) is 5.23. The Morgan fingerprint density at radius 2 is 2.06 bits per heavy atom. The molecule has 0 atom stereocenters. The number of anilines is 2. The lowest BCUT2D eigenvalue weighted by atomic mass is 10.1. The largest absolute Gasteiger partial charge is 0.493 e. The summed E-state index contributed by atoms with van der Waals surface area (Å²) in [6.07, 6.45) is 4.22. The Balaban J connectivity index is 1.33. The molecule has 0 bridgehead atoms. The molecule has 9 nitrogen and oxygen atoms in total. The third-order valence-electron chi connectivity index (χ3n) is 5.23. The minimum absolute atomic E-state index is 0.263. The van der Waals surface area contributed by atoms with Gasteiger partial charge in [-0.2, -0.15) is 0 Å². The van der Waals surface area contributed by atoms with Crippen molar-refractivity contribution in [2.75, 3.05) is 44.1 Å². The van der Waals surface area contributed by atoms with E-state index in [1.54, 1.807) is 20.5 Å². The van der Waals surface area contributed by atoms with Gasteiger partial charge in [0.25, 0.3) is 0 Å². The van der Waals surface area contributed by atoms with Crippen molar-refractivity contribution < 1.29 is 19.0 Å². The van der Waals surface area contributed by atoms with Crippen LogP contribution < -0.4 is 29.7 Å². The van der Waals surface area contributed by atoms with Gasteiger partial charge in [-0.05, 0) is 42.3 Å². The summed E-state index contributed by atoms with van der Waals surface area (Å²) in [7, 11) is 3.21. The van der Waals surface area contributed by atoms with E-state index >= 15 is 0 Å². The molecule has 1 aliphatic rings. The summed E-state index contributed by atoms with van der Waals surface area (Å²) in [6, 6.07) is 11.1. The highest BCUT2D eigenvalue weighted by Gasteiger charge is 2.19. The molecule has 0 spiro atoms. The third kappa shape index (κ3) is 5.05. The zero-order valence-corrected chi connectivity index (χ0v) is 18.2. The minimum Gasteiger partial charge on any atom is -0.493 e. The number of nitrogens with zero attached hydrogens (tertiary/aromatic N) is 2. The molecule has 168 valence electrons. The fraction of sp³-hybridized carbons (Fsp3) is 0.304. The van der Waals surface area contributed by atoms with E-state index in [0.717, 1.165) is 29.2 Å². The lowest BCUT2D eigenvalue weighted by Gasteiger charge is -2.31. The number of aromatic nitrogens is 2. The molecule has 0 fully saturated rings. The predicted molar refractivity (Wildman–Crippen MR) is 122 cm³/mol. The normalized spacial score (nSPS) is 12.5. The Bertz CT molecular complexity index is 1050. The molecule has 0 saturated heterocycles. The fourth-order valence-corrected chi connectivity index (χ4v) is 3.62. The molecule has 32 heavy (non-hydrogen) atoms. The number of hydrogen-bond acceptors (Lipinski definition) is 6. The highest BCUT2D eigenvalue weighted by atomic mass is 16.5. The number of aromatic amines is 1. The standard InChI is InChI=1S/C23H27N5O4/c1-30-21-5-3-16(11-22(21)31-2)7-8-25-23(29)27-17-4-6-20-19(12-17)28(9-10-32-20)14-18-13-24-15-26-18/h3-6,11-13,15H,7-10,14H2,1-2H3,(H,24,26)(H2,25,27,29). The zero-order chi connectivity index (χ0) is 22.3. The Kier molecular flexibility index (Phi) is 6.64. The molecule has 4 rings (SSSR count). The van der Waals surface area contributed by atoms with Crippen molar-refractivity contribution in [2.24, 2.45) is 0 Å². The molecule has 9 heteroatoms. The van der Waals surface area contributed by atoms with Gasteiger partial charge in [-0.1, -0.05) is 6.07 Å². The molecule has 0 aliphatic carbocycles. The molecular formula is C23H27N5O4. The number of amides is 2. The highest BCUT2D eigenvalue weighted by Crippen LogP contribution is 2.35. The van der Waals surface area contributed by atoms with Gasteiger partial charge < -0.3 is 34.7 Å². The molecule has 2 aromatic carbocycles. The van der Waals surface area contributed by atoms with Crippen LogP contribution in [0, 0.1) is 0 Å². The number of carbonyl (C=O) groups excluding carboxylic acids is 1. The van der Waals surface area contributed by atoms with E-state index in [9.17, 15) is 4.79 Å². The van der Waals surface area contributed by atoms with E-state index in [1.165, 1.54) is 0 Å². The van der Waals surface area contributed by atoms with Gasteiger partial charge in [0.1, 0.15) is 12.4 Å². The second-order valence-corrected chi connectivity index (χ2v) is 7.33. The lowest BCUT2D eigenvalue weighted by Crippen LogP contribution is -2.33. The zero-order valence-electron chi connectivity index (χ0n) is 18.2. The first-order valence-electron chi connectivity index (χ1n) is 10.4. The summed E-state index contributed by atoms with van der Waals surface area (Å²) in [5, 5.41) is 5.79. The number of benzene rings is 2. The van der Waals surface area contributed by atoms with Gasteiger partial charge >= 0.3 is 6.03 Å². The Morgan fingerprint density at radius 1 is 1.19 bits per heavy atom. The van der Waals surface area contributed by atoms with Crippen molar-refractivity contribution in [3.8, 4) is 17.2 Å². The molecule has 2 heterocycles. The summed E-state index contributed by atoms with van der Waals surface area (Å²) >= 11 is 0. The Morgan fingerprint density at radius 3 is 2.84 bits per heavy atom. The number of carbonyl (C=O) groups is 1. The maximum atomic E-state index is 12.4. The SMILES string of the molecule is COc1ccc(CCNC(=O)Nc2ccc3c(c2)N(Cc2c[nH]cn2)CCO3)cc1OC. The van der Waals surface area contributed by atoms with Crippen molar-refractivity contribution in [1.29, 1.82) is 0 Å². The van der Waals surface area contributed by atoms with E-state index in [0.29, 0.717) is 43.3 Å². The van der Waals surface area contributed by atoms with Crippen molar-refractivity contribution in [2.45, 2.75) is 13.0 Å². The van der Waals surface area contributed by atoms with E-state index in [2.05, 4.69) is 25.5 Å². The van der Waals surface area contributed by atoms with Crippen LogP contribution in [0.1, 0.15) is 11.3 Å². The monoisotopic (exact) mass is 437 g/mol. The second kappa shape index (κ2) is 9.95. The molecule has 0 unspecified atom stereocenters. The van der Waals surface area contributed by atoms with Gasteiger partial charge in [0.2, 0.25) is 0 Å². The number of rotatable bonds is 8. The van der Waals surface area contributed by atoms with Crippen molar-refractivity contribution in [1.82, 2.24) is 15.3 Å². The maximum absolute atomic E-state index is 12.4. The van der Waals surface area contributed by atoms with Crippen LogP contribution >= 0.6 is 0 Å². The summed E-state index contributed by atoms with van der Waals surface area (Å²) in [5.74, 6) is 2.15. The van der Waals surface area contributed by atoms with Gasteiger partial charge in [-0.25, -0.2) is 9.78 Å². The molecule has 0 radical (unpaired) electrons. The number of imidazole rings is 1. The number of methoxy groups -OCH3 is 2. The summed E-state index contributed by atoms with van der Waals surface area (Å²) in [5.41, 5.74) is 3.62. The lowest BCUT2D eigenvalue weighted by molar-refractivity contribution is 0.252. The van der Waals surface area contributed by atoms with Gasteiger partial charge in [-0.15, -0.1) is 0 Å². The first kappa shape index (κ1) is 21.4. The van der Waals surface area contributed by atoms with Crippen molar-refractivity contribution in [3.63, 3.8) is 0 Å². The molecule has 1 aromatic heterocycles. The van der Waals surface area contributed by atoms with Crippen LogP contribution in [0.5, 0.6) is 17.2 Å². The molecular weight excluding hydrogens is 410 g/mol. The fourth-order valence-electron chi connectivity index (χ4n) is 3.62. The Labute approximate surface area is 186 Å². The van der Waals surface area contributed by atoms with Gasteiger partial charge in [0.05, 0.1) is 45.0 Å². The van der Waals surface area contributed by atoms with Crippen LogP contribution in [0.2, 0.25) is 0 Å². The predicted octanol–water partition coefficient (Wildman–Crippen LogP) is 3.19. The number of urea groups is 1. The van der Waals surface area contributed by atoms with Gasteiger partial charge in [0, 0.05) is 18.4 Å². The van der Waals surface area contributed by atoms with E-state index in [-0.39, 0.29) is 6.03 Å². The van der Waals surface area contributed by atoms with E-state index in [1.807, 2.05) is 42.6 Å². The molecule has 3 N–H and O–H groups in total. The molecule has 2 amide bonds. The van der Waals surface area contributed by atoms with E-state index in [4.69, 9.17) is 14.2 Å². The van der Waals surface area contributed by atoms with Crippen molar-refractivity contribution in [3.05, 3.63) is 60.2 Å². The summed E-state index contributed by atoms with van der Waals surface area (Å²) in [4.78, 5) is 21.9. The van der Waals surface area contributed by atoms with Gasteiger partial charge in [-0.3, -0.25) is 0 Å². The molecule has 1 aliphatic heterocycles. The number of ether oxygens (including phenoxy) is 3. The summed E-state index contributed by atoms with van der Waals surface area (Å²) in [6.45, 7) is 2.52. The Hall–Kier alpha value is -3.88. The number of nitrogens with one attached hydrogen (secondary N) is 3. The first-order chi connectivity index (χ1) is 15.7. The number of hydrogen-bond donors (Lipinski definition) is 3. The smallest absolute Gasteiger partial charge is 0.319 e. The van der Waals surface area contributed by atoms with E-state index < -0.39 is 0 Å². The van der Waals surface area contributed by atoms with Crippen LogP contribution in [0.4, 0.5) is 16.2 Å². The number of fused-ring (bicyclic) bond motifs is 1. The highest BCUT2D eigenvalue weighted by molar-refractivity contribution is 5.90. The molecule has 0 saturated carbocycles. The quantitative estimate of drug-likeness (QED) is 0.500. The number of H-pyrrole nitrogens is 1. The minimum atomic E-state index is -0.263. The van der Waals surface area contributed by atoms with Crippen LogP contribution in [-0.4, -0.2) is 49.9 Å². The van der Waals surface area contributed by atoms with Gasteiger partial charge in [0.15, 0.2) is 11.5 Å². The topological polar surface area (TPSA) is 101 Å². The maximum Gasteiger partial charge on any atom is 0.319 e. The molecule has 3 aromatic rings. The average molecular weight is 438 g/mol. The van der Waals surface area contributed by atoms with Crippen LogP contribution in [0.3, 0.4) is 0 Å². The van der Waals surface area contributed by atoms with Crippen LogP contribution in [-0.2, 0) is 13.0 Å². The summed E-state index contributed by atoms with van der Waals surface area (Å²) < 4.78 is 16.3. The van der Waals surface area contributed by atoms with Crippen LogP contribution in [0.15, 0.2) is 48.9 Å². The van der Waals surface area contributed by atoms with Crippen molar-refractivity contribution >= 4 is 17.4 Å². The van der Waals surface area contributed by atoms with Crippen LogP contribution in [0.25, 0.3) is 0 Å².